The van der Waals surface area contributed by atoms with E-state index in [1.807, 2.05) is 32.2 Å². The van der Waals surface area contributed by atoms with Gasteiger partial charge in [-0.25, -0.2) is 0 Å². The van der Waals surface area contributed by atoms with Gasteiger partial charge in [0.15, 0.2) is 11.5 Å². The minimum Gasteiger partial charge on any atom is -0.486 e. The second kappa shape index (κ2) is 5.08. The molecule has 0 fully saturated rings. The second-order valence-electron chi connectivity index (χ2n) is 4.08. The molecule has 17 heavy (non-hydrogen) atoms. The fourth-order valence-electron chi connectivity index (χ4n) is 1.82. The Bertz CT molecular complexity index is 417. The monoisotopic (exact) mass is 235 g/mol. The highest BCUT2D eigenvalue weighted by molar-refractivity contribution is 5.75. The van der Waals surface area contributed by atoms with Crippen LogP contribution in [0.4, 0.5) is 0 Å². The number of rotatable bonds is 3. The summed E-state index contributed by atoms with van der Waals surface area (Å²) in [7, 11) is 1.81. The van der Waals surface area contributed by atoms with Crippen LogP contribution < -0.4 is 9.47 Å². The maximum Gasteiger partial charge on any atom is 0.222 e. The SMILES string of the molecule is CCC(=O)N(C)Cc1ccc2c(c1)OCCO2. The number of ether oxygens (including phenoxy) is 2. The molecule has 0 saturated carbocycles. The third kappa shape index (κ3) is 2.70. The Morgan fingerprint density at radius 2 is 2.00 bits per heavy atom. The third-order valence-corrected chi connectivity index (χ3v) is 2.75. The number of hydrogen-bond donors (Lipinski definition) is 0. The van der Waals surface area contributed by atoms with E-state index in [-0.39, 0.29) is 5.91 Å². The van der Waals surface area contributed by atoms with Gasteiger partial charge in [-0.05, 0) is 17.7 Å². The van der Waals surface area contributed by atoms with Crippen molar-refractivity contribution in [1.82, 2.24) is 4.90 Å². The largest absolute Gasteiger partial charge is 0.486 e. The summed E-state index contributed by atoms with van der Waals surface area (Å²) < 4.78 is 11.0. The van der Waals surface area contributed by atoms with E-state index in [4.69, 9.17) is 9.47 Å². The standard InChI is InChI=1S/C13H17NO3/c1-3-13(15)14(2)9-10-4-5-11-12(8-10)17-7-6-16-11/h4-5,8H,3,6-7,9H2,1-2H3. The summed E-state index contributed by atoms with van der Waals surface area (Å²) in [4.78, 5) is 13.2. The van der Waals surface area contributed by atoms with Crippen LogP contribution in [-0.4, -0.2) is 31.1 Å². The van der Waals surface area contributed by atoms with Crippen LogP contribution in [0.25, 0.3) is 0 Å². The molecule has 1 aliphatic rings. The normalized spacial score (nSPS) is 13.3. The predicted molar refractivity (Wildman–Crippen MR) is 64.2 cm³/mol. The van der Waals surface area contributed by atoms with Gasteiger partial charge in [-0.3, -0.25) is 4.79 Å². The van der Waals surface area contributed by atoms with Crippen molar-refractivity contribution in [2.45, 2.75) is 19.9 Å². The Labute approximate surface area is 101 Å². The van der Waals surface area contributed by atoms with E-state index in [9.17, 15) is 4.79 Å². The number of nitrogens with zero attached hydrogens (tertiary/aromatic N) is 1. The van der Waals surface area contributed by atoms with Crippen molar-refractivity contribution in [3.8, 4) is 11.5 Å². The van der Waals surface area contributed by atoms with Crippen molar-refractivity contribution in [1.29, 1.82) is 0 Å². The highest BCUT2D eigenvalue weighted by Gasteiger charge is 2.13. The molecule has 1 amide bonds. The van der Waals surface area contributed by atoms with E-state index < -0.39 is 0 Å². The summed E-state index contributed by atoms with van der Waals surface area (Å²) in [5.74, 6) is 1.69. The van der Waals surface area contributed by atoms with Crippen LogP contribution in [0.15, 0.2) is 18.2 Å². The van der Waals surface area contributed by atoms with E-state index in [1.165, 1.54) is 0 Å². The zero-order valence-electron chi connectivity index (χ0n) is 10.2. The summed E-state index contributed by atoms with van der Waals surface area (Å²) in [6.07, 6.45) is 0.529. The van der Waals surface area contributed by atoms with Gasteiger partial charge in [0.25, 0.3) is 0 Å². The van der Waals surface area contributed by atoms with Crippen LogP contribution in [0, 0.1) is 0 Å². The third-order valence-electron chi connectivity index (χ3n) is 2.75. The Kier molecular flexibility index (Phi) is 3.52. The first-order chi connectivity index (χ1) is 8.20. The first kappa shape index (κ1) is 11.8. The average molecular weight is 235 g/mol. The van der Waals surface area contributed by atoms with Gasteiger partial charge in [-0.2, -0.15) is 0 Å². The van der Waals surface area contributed by atoms with Crippen LogP contribution in [0.3, 0.4) is 0 Å². The Morgan fingerprint density at radius 3 is 2.71 bits per heavy atom. The van der Waals surface area contributed by atoms with Crippen LogP contribution in [-0.2, 0) is 11.3 Å². The lowest BCUT2D eigenvalue weighted by atomic mass is 10.2. The zero-order chi connectivity index (χ0) is 12.3. The molecule has 0 saturated heterocycles. The highest BCUT2D eigenvalue weighted by Crippen LogP contribution is 2.30. The van der Waals surface area contributed by atoms with Gasteiger partial charge in [0.05, 0.1) is 0 Å². The molecule has 1 aromatic rings. The van der Waals surface area contributed by atoms with Gasteiger partial charge in [0, 0.05) is 20.0 Å². The summed E-state index contributed by atoms with van der Waals surface area (Å²) in [5.41, 5.74) is 1.05. The van der Waals surface area contributed by atoms with Crippen LogP contribution >= 0.6 is 0 Å². The number of carbonyl (C=O) groups excluding carboxylic acids is 1. The first-order valence-electron chi connectivity index (χ1n) is 5.83. The highest BCUT2D eigenvalue weighted by atomic mass is 16.6. The maximum atomic E-state index is 11.5. The summed E-state index contributed by atoms with van der Waals surface area (Å²) in [6, 6.07) is 5.80. The molecule has 0 bridgehead atoms. The smallest absolute Gasteiger partial charge is 0.222 e. The molecular formula is C13H17NO3. The molecule has 0 radical (unpaired) electrons. The molecule has 4 heteroatoms. The Hall–Kier alpha value is -1.71. The lowest BCUT2D eigenvalue weighted by Crippen LogP contribution is -2.25. The van der Waals surface area contributed by atoms with Gasteiger partial charge in [-0.1, -0.05) is 13.0 Å². The molecular weight excluding hydrogens is 218 g/mol. The van der Waals surface area contributed by atoms with Crippen molar-refractivity contribution in [2.75, 3.05) is 20.3 Å². The summed E-state index contributed by atoms with van der Waals surface area (Å²) in [6.45, 7) is 3.65. The molecule has 0 aromatic heterocycles. The number of hydrogen-bond acceptors (Lipinski definition) is 3. The summed E-state index contributed by atoms with van der Waals surface area (Å²) in [5, 5.41) is 0. The van der Waals surface area contributed by atoms with Gasteiger partial charge in [0.1, 0.15) is 13.2 Å². The fraction of sp³-hybridized carbons (Fsp3) is 0.462. The van der Waals surface area contributed by atoms with Crippen molar-refractivity contribution in [2.24, 2.45) is 0 Å². The van der Waals surface area contributed by atoms with Crippen LogP contribution in [0.1, 0.15) is 18.9 Å². The first-order valence-corrected chi connectivity index (χ1v) is 5.83. The van der Waals surface area contributed by atoms with Crippen molar-refractivity contribution >= 4 is 5.91 Å². The van der Waals surface area contributed by atoms with E-state index in [0.717, 1.165) is 17.1 Å². The molecule has 92 valence electrons. The van der Waals surface area contributed by atoms with E-state index in [1.54, 1.807) is 4.90 Å². The Morgan fingerprint density at radius 1 is 1.29 bits per heavy atom. The van der Waals surface area contributed by atoms with Gasteiger partial charge < -0.3 is 14.4 Å². The van der Waals surface area contributed by atoms with Crippen molar-refractivity contribution in [3.05, 3.63) is 23.8 Å². The van der Waals surface area contributed by atoms with Gasteiger partial charge in [0.2, 0.25) is 5.91 Å². The molecule has 1 heterocycles. The number of fused-ring (bicyclic) bond motifs is 1. The lowest BCUT2D eigenvalue weighted by Gasteiger charge is -2.21. The predicted octanol–water partition coefficient (Wildman–Crippen LogP) is 1.83. The number of amides is 1. The van der Waals surface area contributed by atoms with Gasteiger partial charge >= 0.3 is 0 Å². The van der Waals surface area contributed by atoms with Crippen LogP contribution in [0.5, 0.6) is 11.5 Å². The van der Waals surface area contributed by atoms with Gasteiger partial charge in [-0.15, -0.1) is 0 Å². The number of carbonyl (C=O) groups is 1. The molecule has 4 nitrogen and oxygen atoms in total. The van der Waals surface area contributed by atoms with Crippen LogP contribution in [0.2, 0.25) is 0 Å². The van der Waals surface area contributed by atoms with E-state index in [2.05, 4.69) is 0 Å². The fourth-order valence-corrected chi connectivity index (χ4v) is 1.82. The molecule has 0 unspecified atom stereocenters. The molecule has 0 N–H and O–H groups in total. The molecule has 0 spiro atoms. The molecule has 0 atom stereocenters. The quantitative estimate of drug-likeness (QED) is 0.802. The second-order valence-corrected chi connectivity index (χ2v) is 4.08. The lowest BCUT2D eigenvalue weighted by molar-refractivity contribution is -0.130. The average Bonchev–Trinajstić information content (AvgIpc) is 2.37. The van der Waals surface area contributed by atoms with E-state index >= 15 is 0 Å². The maximum absolute atomic E-state index is 11.5. The Balaban J connectivity index is 2.09. The minimum absolute atomic E-state index is 0.139. The van der Waals surface area contributed by atoms with Crippen molar-refractivity contribution in [3.63, 3.8) is 0 Å². The molecule has 0 aliphatic carbocycles. The molecule has 2 rings (SSSR count). The molecule has 1 aliphatic heterocycles. The number of benzene rings is 1. The van der Waals surface area contributed by atoms with E-state index in [0.29, 0.717) is 26.2 Å². The zero-order valence-corrected chi connectivity index (χ0v) is 10.2. The minimum atomic E-state index is 0.139. The summed E-state index contributed by atoms with van der Waals surface area (Å²) >= 11 is 0. The molecule has 1 aromatic carbocycles. The van der Waals surface area contributed by atoms with Crippen molar-refractivity contribution < 1.29 is 14.3 Å². The topological polar surface area (TPSA) is 38.8 Å².